The lowest BCUT2D eigenvalue weighted by Crippen LogP contribution is -2.13. The topological polar surface area (TPSA) is 45.8 Å². The predicted molar refractivity (Wildman–Crippen MR) is 77.6 cm³/mol. The molecule has 98 valence electrons. The second-order valence-corrected chi connectivity index (χ2v) is 6.16. The van der Waals surface area contributed by atoms with Gasteiger partial charge in [-0.25, -0.2) is 9.37 Å². The minimum atomic E-state index is -0.342. The fourth-order valence-corrected chi connectivity index (χ4v) is 2.77. The van der Waals surface area contributed by atoms with Crippen LogP contribution >= 0.6 is 31.9 Å². The van der Waals surface area contributed by atoms with Gasteiger partial charge in [0.1, 0.15) is 16.1 Å². The zero-order valence-electron chi connectivity index (χ0n) is 9.71. The molecule has 1 saturated carbocycles. The number of hydrogen-bond donors (Lipinski definition) is 1. The van der Waals surface area contributed by atoms with Crippen LogP contribution in [0.3, 0.4) is 0 Å². The first-order valence-corrected chi connectivity index (χ1v) is 7.40. The Morgan fingerprint density at radius 3 is 2.68 bits per heavy atom. The first-order chi connectivity index (χ1) is 9.06. The van der Waals surface area contributed by atoms with Crippen LogP contribution in [0.5, 0.6) is 0 Å². The van der Waals surface area contributed by atoms with E-state index in [0.717, 1.165) is 18.5 Å². The zero-order valence-corrected chi connectivity index (χ0v) is 12.9. The van der Waals surface area contributed by atoms with Gasteiger partial charge in [-0.3, -0.25) is 4.79 Å². The van der Waals surface area contributed by atoms with E-state index >= 15 is 0 Å². The van der Waals surface area contributed by atoms with E-state index in [0.29, 0.717) is 26.3 Å². The average Bonchev–Trinajstić information content (AvgIpc) is 3.20. The van der Waals surface area contributed by atoms with Crippen LogP contribution in [0.25, 0.3) is 11.4 Å². The molecule has 0 atom stereocenters. The number of halogens is 3. The maximum atomic E-state index is 13.2. The first kappa shape index (κ1) is 13.0. The zero-order chi connectivity index (χ0) is 13.6. The molecule has 1 aromatic carbocycles. The quantitative estimate of drug-likeness (QED) is 0.847. The van der Waals surface area contributed by atoms with E-state index in [2.05, 4.69) is 41.8 Å². The lowest BCUT2D eigenvalue weighted by Gasteiger charge is -2.06. The van der Waals surface area contributed by atoms with E-state index in [4.69, 9.17) is 0 Å². The molecule has 3 rings (SSSR count). The summed E-state index contributed by atoms with van der Waals surface area (Å²) in [5.74, 6) is 0.487. The molecule has 1 fully saturated rings. The molecule has 0 amide bonds. The normalized spacial score (nSPS) is 14.7. The summed E-state index contributed by atoms with van der Waals surface area (Å²) in [6.45, 7) is 0. The number of aromatic amines is 1. The smallest absolute Gasteiger partial charge is 0.265 e. The van der Waals surface area contributed by atoms with Gasteiger partial charge in [-0.1, -0.05) is 0 Å². The Morgan fingerprint density at radius 1 is 1.32 bits per heavy atom. The van der Waals surface area contributed by atoms with Crippen molar-refractivity contribution in [3.63, 3.8) is 0 Å². The van der Waals surface area contributed by atoms with E-state index in [1.54, 1.807) is 12.1 Å². The van der Waals surface area contributed by atoms with Crippen molar-refractivity contribution >= 4 is 31.9 Å². The summed E-state index contributed by atoms with van der Waals surface area (Å²) in [5, 5.41) is 0. The fraction of sp³-hybridized carbons (Fsp3) is 0.231. The number of benzene rings is 1. The Balaban J connectivity index is 2.14. The molecule has 1 heterocycles. The van der Waals surface area contributed by atoms with Gasteiger partial charge >= 0.3 is 0 Å². The highest BCUT2D eigenvalue weighted by Gasteiger charge is 2.29. The minimum absolute atomic E-state index is 0.202. The highest BCUT2D eigenvalue weighted by Crippen LogP contribution is 2.41. The van der Waals surface area contributed by atoms with Crippen LogP contribution in [0.2, 0.25) is 0 Å². The van der Waals surface area contributed by atoms with E-state index in [1.807, 2.05) is 0 Å². The molecule has 0 radical (unpaired) electrons. The van der Waals surface area contributed by atoms with Crippen molar-refractivity contribution in [2.75, 3.05) is 0 Å². The van der Waals surface area contributed by atoms with Gasteiger partial charge in [0, 0.05) is 11.5 Å². The number of nitrogens with one attached hydrogen (secondary N) is 1. The highest BCUT2D eigenvalue weighted by molar-refractivity contribution is 9.10. The summed E-state index contributed by atoms with van der Waals surface area (Å²) >= 11 is 6.41. The van der Waals surface area contributed by atoms with Crippen LogP contribution in [0.4, 0.5) is 4.39 Å². The average molecular weight is 388 g/mol. The highest BCUT2D eigenvalue weighted by atomic mass is 79.9. The van der Waals surface area contributed by atoms with Crippen molar-refractivity contribution in [3.05, 3.63) is 49.0 Å². The molecule has 0 spiro atoms. The summed E-state index contributed by atoms with van der Waals surface area (Å²) in [7, 11) is 0. The predicted octanol–water partition coefficient (Wildman–Crippen LogP) is 3.98. The number of H-pyrrole nitrogens is 1. The summed E-state index contributed by atoms with van der Waals surface area (Å²) < 4.78 is 14.1. The molecule has 6 heteroatoms. The van der Waals surface area contributed by atoms with Crippen LogP contribution in [-0.4, -0.2) is 9.97 Å². The maximum absolute atomic E-state index is 13.2. The van der Waals surface area contributed by atoms with Crippen LogP contribution in [0.15, 0.2) is 31.9 Å². The molecular weight excluding hydrogens is 379 g/mol. The molecule has 0 unspecified atom stereocenters. The third-order valence-corrected chi connectivity index (χ3v) is 4.42. The molecule has 19 heavy (non-hydrogen) atoms. The van der Waals surface area contributed by atoms with Crippen molar-refractivity contribution in [1.82, 2.24) is 9.97 Å². The monoisotopic (exact) mass is 386 g/mol. The van der Waals surface area contributed by atoms with Gasteiger partial charge in [-0.05, 0) is 62.9 Å². The van der Waals surface area contributed by atoms with Crippen molar-refractivity contribution in [2.24, 2.45) is 0 Å². The molecule has 1 aliphatic rings. The van der Waals surface area contributed by atoms with Gasteiger partial charge in [0.25, 0.3) is 5.56 Å². The molecule has 1 aliphatic carbocycles. The molecule has 1 aromatic heterocycles. The van der Waals surface area contributed by atoms with Crippen molar-refractivity contribution in [1.29, 1.82) is 0 Å². The Hall–Kier alpha value is -1.01. The van der Waals surface area contributed by atoms with Crippen molar-refractivity contribution in [3.8, 4) is 11.4 Å². The van der Waals surface area contributed by atoms with Gasteiger partial charge in [0.2, 0.25) is 0 Å². The summed E-state index contributed by atoms with van der Waals surface area (Å²) in [6, 6.07) is 4.55. The van der Waals surface area contributed by atoms with E-state index in [9.17, 15) is 9.18 Å². The second kappa shape index (κ2) is 4.83. The molecule has 2 aromatic rings. The molecule has 0 aliphatic heterocycles. The first-order valence-electron chi connectivity index (χ1n) is 5.81. The van der Waals surface area contributed by atoms with Crippen LogP contribution in [0, 0.1) is 5.82 Å². The molecule has 0 saturated heterocycles. The largest absolute Gasteiger partial charge is 0.306 e. The Labute approximate surface area is 125 Å². The molecule has 1 N–H and O–H groups in total. The van der Waals surface area contributed by atoms with Crippen LogP contribution < -0.4 is 5.56 Å². The SMILES string of the molecule is O=c1[nH]c(-c2ccc(F)c(Br)c2)nc(C2CC2)c1Br. The second-order valence-electron chi connectivity index (χ2n) is 4.52. The Bertz CT molecular complexity index is 710. The molecule has 3 nitrogen and oxygen atoms in total. The van der Waals surface area contributed by atoms with Crippen LogP contribution in [-0.2, 0) is 0 Å². The standard InChI is InChI=1S/C13H9Br2FN2O/c14-8-5-7(3-4-9(8)16)12-17-11(6-1-2-6)10(15)13(19)18-12/h3-6H,1-2H2,(H,17,18,19). The summed E-state index contributed by atoms with van der Waals surface area (Å²) in [6.07, 6.45) is 2.11. The van der Waals surface area contributed by atoms with Gasteiger partial charge in [-0.2, -0.15) is 0 Å². The summed E-state index contributed by atoms with van der Waals surface area (Å²) in [4.78, 5) is 19.1. The van der Waals surface area contributed by atoms with E-state index < -0.39 is 0 Å². The minimum Gasteiger partial charge on any atom is -0.306 e. The van der Waals surface area contributed by atoms with Gasteiger partial charge in [-0.15, -0.1) is 0 Å². The number of rotatable bonds is 2. The van der Waals surface area contributed by atoms with Crippen molar-refractivity contribution < 1.29 is 4.39 Å². The van der Waals surface area contributed by atoms with Gasteiger partial charge < -0.3 is 4.98 Å². The van der Waals surface area contributed by atoms with Gasteiger partial charge in [0.15, 0.2) is 0 Å². The Kier molecular flexibility index (Phi) is 3.30. The number of hydrogen-bond acceptors (Lipinski definition) is 2. The lowest BCUT2D eigenvalue weighted by atomic mass is 10.2. The third-order valence-electron chi connectivity index (χ3n) is 3.05. The molecular formula is C13H9Br2FN2O. The lowest BCUT2D eigenvalue weighted by molar-refractivity contribution is 0.621. The van der Waals surface area contributed by atoms with Crippen LogP contribution in [0.1, 0.15) is 24.5 Å². The Morgan fingerprint density at radius 2 is 2.05 bits per heavy atom. The van der Waals surface area contributed by atoms with E-state index in [-0.39, 0.29) is 11.4 Å². The van der Waals surface area contributed by atoms with Crippen molar-refractivity contribution in [2.45, 2.75) is 18.8 Å². The van der Waals surface area contributed by atoms with Gasteiger partial charge in [0.05, 0.1) is 10.2 Å². The molecule has 0 bridgehead atoms. The number of aromatic nitrogens is 2. The maximum Gasteiger partial charge on any atom is 0.265 e. The van der Waals surface area contributed by atoms with E-state index in [1.165, 1.54) is 6.07 Å². The third kappa shape index (κ3) is 2.51. The summed E-state index contributed by atoms with van der Waals surface area (Å²) in [5.41, 5.74) is 1.27. The fourth-order valence-electron chi connectivity index (χ4n) is 1.88. The number of nitrogens with zero attached hydrogens (tertiary/aromatic N) is 1.